The summed E-state index contributed by atoms with van der Waals surface area (Å²) < 4.78 is 40.6. The number of sulfonamides is 1. The van der Waals surface area contributed by atoms with Gasteiger partial charge in [-0.2, -0.15) is 0 Å². The molecule has 1 fully saturated rings. The third kappa shape index (κ3) is 8.86. The molecular weight excluding hydrogens is 685 g/mol. The Morgan fingerprint density at radius 3 is 2.20 bits per heavy atom. The zero-order chi connectivity index (χ0) is 35.0. The van der Waals surface area contributed by atoms with Crippen LogP contribution in [0.15, 0.2) is 102 Å². The third-order valence-electron chi connectivity index (χ3n) is 8.61. The Bertz CT molecular complexity index is 1850. The van der Waals surface area contributed by atoms with E-state index >= 15 is 0 Å². The van der Waals surface area contributed by atoms with Gasteiger partial charge in [0.25, 0.3) is 10.0 Å². The molecular formula is C37H39Cl2N3O6S. The molecule has 0 aliphatic heterocycles. The van der Waals surface area contributed by atoms with Gasteiger partial charge in [0, 0.05) is 29.1 Å². The summed E-state index contributed by atoms with van der Waals surface area (Å²) in [6, 6.07) is 25.8. The molecule has 0 saturated heterocycles. The number of carbonyl (C=O) groups is 2. The molecule has 1 atom stereocenters. The third-order valence-corrected chi connectivity index (χ3v) is 11.0. The van der Waals surface area contributed by atoms with Crippen molar-refractivity contribution >= 4 is 50.7 Å². The summed E-state index contributed by atoms with van der Waals surface area (Å²) in [7, 11) is -1.43. The second-order valence-electron chi connectivity index (χ2n) is 11.8. The van der Waals surface area contributed by atoms with Gasteiger partial charge in [-0.05, 0) is 72.5 Å². The number of nitrogens with one attached hydrogen (secondary N) is 1. The minimum absolute atomic E-state index is 0.0117. The number of rotatable bonds is 14. The van der Waals surface area contributed by atoms with Gasteiger partial charge in [-0.1, -0.05) is 84.6 Å². The van der Waals surface area contributed by atoms with Gasteiger partial charge in [-0.25, -0.2) is 8.42 Å². The molecule has 4 aromatic carbocycles. The van der Waals surface area contributed by atoms with E-state index in [-0.39, 0.29) is 41.2 Å². The van der Waals surface area contributed by atoms with E-state index in [2.05, 4.69) is 5.32 Å². The first-order valence-corrected chi connectivity index (χ1v) is 18.2. The first kappa shape index (κ1) is 36.0. The Morgan fingerprint density at radius 1 is 0.878 bits per heavy atom. The van der Waals surface area contributed by atoms with Crippen LogP contribution in [0.4, 0.5) is 5.69 Å². The zero-order valence-electron chi connectivity index (χ0n) is 27.4. The van der Waals surface area contributed by atoms with Gasteiger partial charge in [0.05, 0.1) is 24.8 Å². The highest BCUT2D eigenvalue weighted by molar-refractivity contribution is 7.92. The van der Waals surface area contributed by atoms with Crippen molar-refractivity contribution in [3.8, 4) is 11.5 Å². The second-order valence-corrected chi connectivity index (χ2v) is 14.5. The van der Waals surface area contributed by atoms with E-state index in [0.717, 1.165) is 35.6 Å². The number of hydrogen-bond acceptors (Lipinski definition) is 6. The van der Waals surface area contributed by atoms with Crippen LogP contribution in [0.3, 0.4) is 0 Å². The van der Waals surface area contributed by atoms with Crippen LogP contribution in [-0.4, -0.2) is 58.0 Å². The molecule has 0 aromatic heterocycles. The topological polar surface area (TPSA) is 105 Å². The van der Waals surface area contributed by atoms with Crippen molar-refractivity contribution in [3.05, 3.63) is 118 Å². The van der Waals surface area contributed by atoms with E-state index in [4.69, 9.17) is 32.7 Å². The normalized spacial score (nSPS) is 13.8. The number of halogens is 2. The summed E-state index contributed by atoms with van der Waals surface area (Å²) in [5.74, 6) is -0.214. The van der Waals surface area contributed by atoms with E-state index in [9.17, 15) is 18.0 Å². The molecule has 0 heterocycles. The van der Waals surface area contributed by atoms with Gasteiger partial charge in [-0.3, -0.25) is 13.9 Å². The SMILES string of the molecule is COc1ccc(S(=O)(=O)N(CC(=O)N(Cc2ccc(Cl)cc2Cl)[C@H](Cc2ccccc2)C(=O)NC2CCCC2)c2ccccc2OC)cc1. The fraction of sp³-hybridized carbons (Fsp3) is 0.297. The number of methoxy groups -OCH3 is 2. The van der Waals surface area contributed by atoms with Gasteiger partial charge in [0.1, 0.15) is 24.1 Å². The molecule has 5 rings (SSSR count). The van der Waals surface area contributed by atoms with Crippen LogP contribution in [0, 0.1) is 0 Å². The Labute approximate surface area is 297 Å². The number of anilines is 1. The minimum atomic E-state index is -4.34. The average Bonchev–Trinajstić information content (AvgIpc) is 3.63. The standard InChI is InChI=1S/C37H39Cl2N3O6S/c1-47-30-18-20-31(21-19-30)49(45,46)42(33-14-8-9-15-35(33)48-2)25-36(43)41(24-27-16-17-28(38)23-32(27)39)34(22-26-10-4-3-5-11-26)37(44)40-29-12-6-7-13-29/h3-5,8-11,14-21,23,29,34H,6-7,12-13,22,24-25H2,1-2H3,(H,40,44)/t34-/m1/s1. The highest BCUT2D eigenvalue weighted by atomic mass is 35.5. The van der Waals surface area contributed by atoms with Gasteiger partial charge in [0.15, 0.2) is 0 Å². The second kappa shape index (κ2) is 16.4. The summed E-state index contributed by atoms with van der Waals surface area (Å²) in [4.78, 5) is 30.3. The number of para-hydroxylation sites is 2. The lowest BCUT2D eigenvalue weighted by Gasteiger charge is -2.34. The molecule has 9 nitrogen and oxygen atoms in total. The smallest absolute Gasteiger partial charge is 0.264 e. The number of benzene rings is 4. The molecule has 4 aromatic rings. The maximum atomic E-state index is 14.8. The van der Waals surface area contributed by atoms with Gasteiger partial charge < -0.3 is 19.7 Å². The molecule has 0 bridgehead atoms. The predicted octanol–water partition coefficient (Wildman–Crippen LogP) is 6.90. The van der Waals surface area contributed by atoms with Crippen molar-refractivity contribution < 1.29 is 27.5 Å². The Hall–Kier alpha value is -4.25. The molecule has 12 heteroatoms. The quantitative estimate of drug-likeness (QED) is 0.152. The van der Waals surface area contributed by atoms with Crippen LogP contribution >= 0.6 is 23.2 Å². The van der Waals surface area contributed by atoms with Crippen molar-refractivity contribution in [1.29, 1.82) is 0 Å². The first-order chi connectivity index (χ1) is 23.6. The molecule has 1 saturated carbocycles. The first-order valence-electron chi connectivity index (χ1n) is 16.0. The number of hydrogen-bond donors (Lipinski definition) is 1. The predicted molar refractivity (Wildman–Crippen MR) is 192 cm³/mol. The fourth-order valence-electron chi connectivity index (χ4n) is 5.98. The molecule has 1 aliphatic rings. The van der Waals surface area contributed by atoms with Gasteiger partial charge in [-0.15, -0.1) is 0 Å². The van der Waals surface area contributed by atoms with Crippen molar-refractivity contribution in [3.63, 3.8) is 0 Å². The number of amides is 2. The molecule has 0 radical (unpaired) electrons. The molecule has 1 N–H and O–H groups in total. The molecule has 49 heavy (non-hydrogen) atoms. The van der Waals surface area contributed by atoms with Gasteiger partial charge in [0.2, 0.25) is 11.8 Å². The molecule has 0 unspecified atom stereocenters. The largest absolute Gasteiger partial charge is 0.497 e. The van der Waals surface area contributed by atoms with Crippen LogP contribution in [-0.2, 0) is 32.6 Å². The summed E-state index contributed by atoms with van der Waals surface area (Å²) in [6.45, 7) is -0.714. The lowest BCUT2D eigenvalue weighted by molar-refractivity contribution is -0.140. The lowest BCUT2D eigenvalue weighted by atomic mass is 10.0. The maximum Gasteiger partial charge on any atom is 0.264 e. The fourth-order valence-corrected chi connectivity index (χ4v) is 7.87. The summed E-state index contributed by atoms with van der Waals surface area (Å²) in [5, 5.41) is 3.89. The van der Waals surface area contributed by atoms with E-state index < -0.39 is 28.5 Å². The van der Waals surface area contributed by atoms with Crippen LogP contribution in [0.25, 0.3) is 0 Å². The van der Waals surface area contributed by atoms with Crippen LogP contribution < -0.4 is 19.1 Å². The van der Waals surface area contributed by atoms with Crippen molar-refractivity contribution in [2.45, 2.75) is 55.6 Å². The minimum Gasteiger partial charge on any atom is -0.497 e. The summed E-state index contributed by atoms with van der Waals surface area (Å²) in [6.07, 6.45) is 3.91. The number of carbonyl (C=O) groups excluding carboxylic acids is 2. The summed E-state index contributed by atoms with van der Waals surface area (Å²) >= 11 is 12.8. The average molecular weight is 725 g/mol. The van der Waals surface area contributed by atoms with E-state index in [0.29, 0.717) is 21.4 Å². The van der Waals surface area contributed by atoms with E-state index in [1.807, 2.05) is 30.3 Å². The van der Waals surface area contributed by atoms with Gasteiger partial charge >= 0.3 is 0 Å². The van der Waals surface area contributed by atoms with E-state index in [1.165, 1.54) is 43.4 Å². The number of ether oxygens (including phenoxy) is 2. The Kier molecular flexibility index (Phi) is 12.1. The Morgan fingerprint density at radius 2 is 1.55 bits per heavy atom. The molecule has 0 spiro atoms. The Balaban J connectivity index is 1.60. The zero-order valence-corrected chi connectivity index (χ0v) is 29.7. The van der Waals surface area contributed by atoms with Crippen LogP contribution in [0.2, 0.25) is 10.0 Å². The lowest BCUT2D eigenvalue weighted by Crippen LogP contribution is -2.54. The van der Waals surface area contributed by atoms with Crippen molar-refractivity contribution in [2.24, 2.45) is 0 Å². The summed E-state index contributed by atoms with van der Waals surface area (Å²) in [5.41, 5.74) is 1.54. The van der Waals surface area contributed by atoms with Crippen molar-refractivity contribution in [2.75, 3.05) is 25.1 Å². The van der Waals surface area contributed by atoms with Crippen LogP contribution in [0.1, 0.15) is 36.8 Å². The van der Waals surface area contributed by atoms with Crippen molar-refractivity contribution in [1.82, 2.24) is 10.2 Å². The van der Waals surface area contributed by atoms with Crippen LogP contribution in [0.5, 0.6) is 11.5 Å². The molecule has 2 amide bonds. The van der Waals surface area contributed by atoms with E-state index in [1.54, 1.807) is 42.5 Å². The highest BCUT2D eigenvalue weighted by Gasteiger charge is 2.36. The number of nitrogens with zero attached hydrogens (tertiary/aromatic N) is 2. The maximum absolute atomic E-state index is 14.8. The monoisotopic (exact) mass is 723 g/mol. The molecule has 1 aliphatic carbocycles. The molecule has 258 valence electrons. The highest BCUT2D eigenvalue weighted by Crippen LogP contribution is 2.33.